The zero-order valence-corrected chi connectivity index (χ0v) is 11.0. The number of methoxy groups -OCH3 is 1. The Morgan fingerprint density at radius 2 is 2.19 bits per heavy atom. The zero-order chi connectivity index (χ0) is 11.7. The number of aryl methyl sites for hydroxylation is 1. The van der Waals surface area contributed by atoms with E-state index in [0.717, 1.165) is 27.9 Å². The Hall–Kier alpha value is -1.00. The van der Waals surface area contributed by atoms with Crippen LogP contribution >= 0.6 is 15.9 Å². The predicted octanol–water partition coefficient (Wildman–Crippen LogP) is 2.75. The Kier molecular flexibility index (Phi) is 3.21. The van der Waals surface area contributed by atoms with E-state index in [1.807, 2.05) is 6.07 Å². The summed E-state index contributed by atoms with van der Waals surface area (Å²) in [7, 11) is 1.68. The maximum absolute atomic E-state index is 5.63. The van der Waals surface area contributed by atoms with Gasteiger partial charge in [-0.2, -0.15) is 0 Å². The third-order valence-corrected chi connectivity index (χ3v) is 3.23. The minimum atomic E-state index is 0.655. The predicted molar refractivity (Wildman–Crippen MR) is 70.0 cm³/mol. The number of halogens is 1. The maximum Gasteiger partial charge on any atom is 0.144 e. The molecule has 3 N–H and O–H groups in total. The lowest BCUT2D eigenvalue weighted by molar-refractivity contribution is 0.418. The molecular formula is C12H15BrN2O. The first-order valence-corrected chi connectivity index (χ1v) is 6.01. The van der Waals surface area contributed by atoms with Crippen LogP contribution in [0.15, 0.2) is 16.6 Å². The Balaban J connectivity index is 2.73. The summed E-state index contributed by atoms with van der Waals surface area (Å²) in [5.41, 5.74) is 9.12. The second-order valence-corrected chi connectivity index (χ2v) is 4.71. The van der Waals surface area contributed by atoms with E-state index in [1.165, 1.54) is 10.9 Å². The van der Waals surface area contributed by atoms with Gasteiger partial charge in [-0.3, -0.25) is 0 Å². The molecule has 0 atom stereocenters. The Bertz CT molecular complexity index is 519. The summed E-state index contributed by atoms with van der Waals surface area (Å²) in [4.78, 5) is 3.36. The highest BCUT2D eigenvalue weighted by Crippen LogP contribution is 2.33. The van der Waals surface area contributed by atoms with E-state index < -0.39 is 0 Å². The van der Waals surface area contributed by atoms with Crippen molar-refractivity contribution in [3.63, 3.8) is 0 Å². The van der Waals surface area contributed by atoms with E-state index in [-0.39, 0.29) is 0 Å². The van der Waals surface area contributed by atoms with Gasteiger partial charge in [0.15, 0.2) is 0 Å². The van der Waals surface area contributed by atoms with Gasteiger partial charge >= 0.3 is 0 Å². The van der Waals surface area contributed by atoms with Gasteiger partial charge in [0, 0.05) is 15.6 Å². The Morgan fingerprint density at radius 3 is 2.81 bits per heavy atom. The van der Waals surface area contributed by atoms with Crippen molar-refractivity contribution in [2.24, 2.45) is 5.73 Å². The second kappa shape index (κ2) is 4.47. The van der Waals surface area contributed by atoms with Crippen LogP contribution in [0.1, 0.15) is 11.3 Å². The third kappa shape index (κ3) is 1.83. The van der Waals surface area contributed by atoms with Crippen LogP contribution in [0.3, 0.4) is 0 Å². The van der Waals surface area contributed by atoms with E-state index >= 15 is 0 Å². The summed E-state index contributed by atoms with van der Waals surface area (Å²) < 4.78 is 6.38. The number of hydrogen-bond acceptors (Lipinski definition) is 2. The normalized spacial score (nSPS) is 11.0. The van der Waals surface area contributed by atoms with Crippen LogP contribution in [0.4, 0.5) is 0 Å². The lowest BCUT2D eigenvalue weighted by atomic mass is 10.1. The summed E-state index contributed by atoms with van der Waals surface area (Å²) >= 11 is 3.49. The van der Waals surface area contributed by atoms with Gasteiger partial charge in [0.1, 0.15) is 5.75 Å². The number of fused-ring (bicyclic) bond motifs is 1. The van der Waals surface area contributed by atoms with Gasteiger partial charge in [-0.25, -0.2) is 0 Å². The van der Waals surface area contributed by atoms with E-state index in [4.69, 9.17) is 10.5 Å². The molecule has 1 aromatic heterocycles. The minimum absolute atomic E-state index is 0.655. The average Bonchev–Trinajstić information content (AvgIpc) is 2.56. The number of aromatic amines is 1. The van der Waals surface area contributed by atoms with Crippen molar-refractivity contribution < 1.29 is 4.74 Å². The standard InChI is InChI=1S/C12H15BrN2O/c1-7-9(3-4-14)10-5-8(13)6-11(16-2)12(10)15-7/h5-6,15H,3-4,14H2,1-2H3. The highest BCUT2D eigenvalue weighted by Gasteiger charge is 2.12. The van der Waals surface area contributed by atoms with Crippen molar-refractivity contribution >= 4 is 26.8 Å². The van der Waals surface area contributed by atoms with Crippen molar-refractivity contribution in [1.29, 1.82) is 0 Å². The number of H-pyrrole nitrogens is 1. The van der Waals surface area contributed by atoms with Crippen molar-refractivity contribution in [2.45, 2.75) is 13.3 Å². The first-order chi connectivity index (χ1) is 7.67. The molecule has 2 rings (SSSR count). The van der Waals surface area contributed by atoms with Crippen molar-refractivity contribution in [1.82, 2.24) is 4.98 Å². The summed E-state index contributed by atoms with van der Waals surface area (Å²) in [6.45, 7) is 2.72. The van der Waals surface area contributed by atoms with Crippen LogP contribution in [0.5, 0.6) is 5.75 Å². The first-order valence-electron chi connectivity index (χ1n) is 5.22. The van der Waals surface area contributed by atoms with Crippen LogP contribution in [-0.4, -0.2) is 18.6 Å². The molecular weight excluding hydrogens is 268 g/mol. The van der Waals surface area contributed by atoms with Gasteiger partial charge < -0.3 is 15.5 Å². The van der Waals surface area contributed by atoms with Crippen molar-refractivity contribution in [3.8, 4) is 5.75 Å². The lowest BCUT2D eigenvalue weighted by Gasteiger charge is -2.03. The molecule has 2 aromatic rings. The molecule has 0 unspecified atom stereocenters. The summed E-state index contributed by atoms with van der Waals surface area (Å²) in [5.74, 6) is 0.857. The molecule has 1 heterocycles. The number of nitrogens with one attached hydrogen (secondary N) is 1. The van der Waals surface area contributed by atoms with Crippen LogP contribution < -0.4 is 10.5 Å². The SMILES string of the molecule is COc1cc(Br)cc2c(CCN)c(C)[nH]c12. The summed E-state index contributed by atoms with van der Waals surface area (Å²) in [5, 5.41) is 1.19. The molecule has 0 aliphatic carbocycles. The first kappa shape index (κ1) is 11.5. The molecule has 16 heavy (non-hydrogen) atoms. The molecule has 0 fully saturated rings. The monoisotopic (exact) mass is 282 g/mol. The lowest BCUT2D eigenvalue weighted by Crippen LogP contribution is -2.03. The van der Waals surface area contributed by atoms with E-state index in [2.05, 4.69) is 33.9 Å². The Labute approximate surface area is 103 Å². The molecule has 0 spiro atoms. The molecule has 0 saturated heterocycles. The van der Waals surface area contributed by atoms with Gasteiger partial charge in [-0.15, -0.1) is 0 Å². The van der Waals surface area contributed by atoms with Crippen LogP contribution in [0, 0.1) is 6.92 Å². The number of hydrogen-bond donors (Lipinski definition) is 2. The number of benzene rings is 1. The van der Waals surface area contributed by atoms with Gasteiger partial charge in [0.2, 0.25) is 0 Å². The zero-order valence-electron chi connectivity index (χ0n) is 9.43. The fraction of sp³-hybridized carbons (Fsp3) is 0.333. The third-order valence-electron chi connectivity index (χ3n) is 2.77. The topological polar surface area (TPSA) is 51.0 Å². The molecule has 0 amide bonds. The second-order valence-electron chi connectivity index (χ2n) is 3.80. The van der Waals surface area contributed by atoms with Crippen LogP contribution in [-0.2, 0) is 6.42 Å². The molecule has 4 heteroatoms. The Morgan fingerprint density at radius 1 is 1.44 bits per heavy atom. The van der Waals surface area contributed by atoms with E-state index in [1.54, 1.807) is 7.11 Å². The van der Waals surface area contributed by atoms with Gasteiger partial charge in [0.25, 0.3) is 0 Å². The largest absolute Gasteiger partial charge is 0.495 e. The van der Waals surface area contributed by atoms with Gasteiger partial charge in [-0.05, 0) is 37.6 Å². The highest BCUT2D eigenvalue weighted by atomic mass is 79.9. The van der Waals surface area contributed by atoms with E-state index in [9.17, 15) is 0 Å². The quantitative estimate of drug-likeness (QED) is 0.910. The highest BCUT2D eigenvalue weighted by molar-refractivity contribution is 9.10. The molecule has 1 aromatic carbocycles. The number of rotatable bonds is 3. The maximum atomic E-state index is 5.63. The molecule has 0 radical (unpaired) electrons. The number of nitrogens with two attached hydrogens (primary N) is 1. The average molecular weight is 283 g/mol. The minimum Gasteiger partial charge on any atom is -0.495 e. The molecule has 0 aliphatic rings. The molecule has 3 nitrogen and oxygen atoms in total. The molecule has 0 bridgehead atoms. The van der Waals surface area contributed by atoms with Crippen molar-refractivity contribution in [2.75, 3.05) is 13.7 Å². The van der Waals surface area contributed by atoms with E-state index in [0.29, 0.717) is 6.54 Å². The summed E-state index contributed by atoms with van der Waals surface area (Å²) in [6, 6.07) is 4.07. The van der Waals surface area contributed by atoms with Gasteiger partial charge in [-0.1, -0.05) is 15.9 Å². The van der Waals surface area contributed by atoms with Crippen molar-refractivity contribution in [3.05, 3.63) is 27.9 Å². The molecule has 0 saturated carbocycles. The molecule has 86 valence electrons. The van der Waals surface area contributed by atoms with Gasteiger partial charge in [0.05, 0.1) is 12.6 Å². The number of aromatic nitrogens is 1. The fourth-order valence-corrected chi connectivity index (χ4v) is 2.48. The molecule has 0 aliphatic heterocycles. The summed E-state index contributed by atoms with van der Waals surface area (Å²) in [6.07, 6.45) is 0.880. The smallest absolute Gasteiger partial charge is 0.144 e. The fourth-order valence-electron chi connectivity index (χ4n) is 2.04. The van der Waals surface area contributed by atoms with Crippen LogP contribution in [0.2, 0.25) is 0 Å². The van der Waals surface area contributed by atoms with Crippen LogP contribution in [0.25, 0.3) is 10.9 Å². The number of ether oxygens (including phenoxy) is 1.